The first-order valence-corrected chi connectivity index (χ1v) is 9.01. The smallest absolute Gasteiger partial charge is 0.243 e. The summed E-state index contributed by atoms with van der Waals surface area (Å²) in [6.07, 6.45) is 9.05. The van der Waals surface area contributed by atoms with E-state index in [-0.39, 0.29) is 11.8 Å². The number of aromatic amines is 1. The van der Waals surface area contributed by atoms with Crippen molar-refractivity contribution in [2.24, 2.45) is 0 Å². The number of piperazine rings is 1. The van der Waals surface area contributed by atoms with Crippen molar-refractivity contribution >= 4 is 11.8 Å². The Labute approximate surface area is 142 Å². The second-order valence-corrected chi connectivity index (χ2v) is 6.68. The summed E-state index contributed by atoms with van der Waals surface area (Å²) in [4.78, 5) is 36.0. The summed E-state index contributed by atoms with van der Waals surface area (Å²) in [5, 5.41) is 2.86. The number of carbonyl (C=O) groups excluding carboxylic acids is 2. The number of nitrogens with one attached hydrogen (secondary N) is 2. The van der Waals surface area contributed by atoms with Crippen LogP contribution in [0.25, 0.3) is 0 Å². The summed E-state index contributed by atoms with van der Waals surface area (Å²) in [6.45, 7) is 4.42. The Hall–Kier alpha value is -1.89. The second-order valence-electron chi connectivity index (χ2n) is 6.68. The number of rotatable bonds is 6. The molecular weight excluding hydrogens is 306 g/mol. The van der Waals surface area contributed by atoms with Crippen LogP contribution in [-0.4, -0.2) is 70.3 Å². The zero-order chi connectivity index (χ0) is 16.8. The third-order valence-electron chi connectivity index (χ3n) is 4.93. The molecule has 2 saturated heterocycles. The second kappa shape index (κ2) is 8.28. The predicted molar refractivity (Wildman–Crippen MR) is 90.3 cm³/mol. The Bertz CT molecular complexity index is 539. The molecule has 0 aliphatic carbocycles. The SMILES string of the molecule is O=C1NCCN(C(=O)CCCN2CCCCC2)C1Cc1cnc[nH]1. The molecule has 3 heterocycles. The molecule has 2 aliphatic heterocycles. The van der Waals surface area contributed by atoms with Gasteiger partial charge in [-0.05, 0) is 38.9 Å². The van der Waals surface area contributed by atoms with Crippen LogP contribution in [0.4, 0.5) is 0 Å². The van der Waals surface area contributed by atoms with E-state index in [4.69, 9.17) is 0 Å². The van der Waals surface area contributed by atoms with Crippen molar-refractivity contribution in [2.45, 2.75) is 44.6 Å². The van der Waals surface area contributed by atoms with Crippen LogP contribution in [0.15, 0.2) is 12.5 Å². The Morgan fingerprint density at radius 1 is 1.25 bits per heavy atom. The number of likely N-dealkylation sites (tertiary alicyclic amines) is 1. The molecule has 132 valence electrons. The van der Waals surface area contributed by atoms with Gasteiger partial charge in [0.15, 0.2) is 0 Å². The molecular formula is C17H27N5O2. The highest BCUT2D eigenvalue weighted by atomic mass is 16.2. The third kappa shape index (κ3) is 4.35. The predicted octanol–water partition coefficient (Wildman–Crippen LogP) is 0.545. The van der Waals surface area contributed by atoms with E-state index in [1.807, 2.05) is 0 Å². The summed E-state index contributed by atoms with van der Waals surface area (Å²) in [7, 11) is 0. The number of amides is 2. The van der Waals surface area contributed by atoms with E-state index in [1.165, 1.54) is 19.3 Å². The molecule has 0 spiro atoms. The maximum absolute atomic E-state index is 12.6. The molecule has 2 aliphatic rings. The van der Waals surface area contributed by atoms with E-state index in [2.05, 4.69) is 20.2 Å². The van der Waals surface area contributed by atoms with Gasteiger partial charge in [0, 0.05) is 37.8 Å². The first-order valence-electron chi connectivity index (χ1n) is 9.01. The fraction of sp³-hybridized carbons (Fsp3) is 0.706. The molecule has 0 radical (unpaired) electrons. The van der Waals surface area contributed by atoms with Gasteiger partial charge >= 0.3 is 0 Å². The van der Waals surface area contributed by atoms with Gasteiger partial charge in [0.1, 0.15) is 6.04 Å². The summed E-state index contributed by atoms with van der Waals surface area (Å²) >= 11 is 0. The van der Waals surface area contributed by atoms with Gasteiger partial charge in [-0.25, -0.2) is 4.98 Å². The molecule has 1 atom stereocenters. The van der Waals surface area contributed by atoms with Crippen molar-refractivity contribution in [2.75, 3.05) is 32.7 Å². The molecule has 2 fully saturated rings. The lowest BCUT2D eigenvalue weighted by Crippen LogP contribution is -2.58. The van der Waals surface area contributed by atoms with Crippen LogP contribution in [0, 0.1) is 0 Å². The number of aromatic nitrogens is 2. The average molecular weight is 333 g/mol. The van der Waals surface area contributed by atoms with Gasteiger partial charge in [0.05, 0.1) is 6.33 Å². The monoisotopic (exact) mass is 333 g/mol. The molecule has 7 heteroatoms. The number of carbonyl (C=O) groups is 2. The fourth-order valence-corrected chi connectivity index (χ4v) is 3.60. The molecule has 1 unspecified atom stereocenters. The number of hydrogen-bond acceptors (Lipinski definition) is 4. The lowest BCUT2D eigenvalue weighted by molar-refractivity contribution is -0.143. The number of nitrogens with zero attached hydrogens (tertiary/aromatic N) is 3. The first kappa shape index (κ1) is 17.0. The van der Waals surface area contributed by atoms with Crippen LogP contribution in [-0.2, 0) is 16.0 Å². The Morgan fingerprint density at radius 3 is 2.83 bits per heavy atom. The van der Waals surface area contributed by atoms with Crippen molar-refractivity contribution in [3.05, 3.63) is 18.2 Å². The highest BCUT2D eigenvalue weighted by Crippen LogP contribution is 2.14. The quantitative estimate of drug-likeness (QED) is 0.796. The van der Waals surface area contributed by atoms with E-state index in [1.54, 1.807) is 17.4 Å². The average Bonchev–Trinajstić information content (AvgIpc) is 3.11. The van der Waals surface area contributed by atoms with Crippen LogP contribution in [0.5, 0.6) is 0 Å². The maximum Gasteiger partial charge on any atom is 0.243 e. The minimum Gasteiger partial charge on any atom is -0.353 e. The zero-order valence-electron chi connectivity index (χ0n) is 14.2. The molecule has 0 aromatic carbocycles. The molecule has 0 bridgehead atoms. The van der Waals surface area contributed by atoms with Gasteiger partial charge in [-0.3, -0.25) is 9.59 Å². The molecule has 2 amide bonds. The number of piperidine rings is 1. The van der Waals surface area contributed by atoms with E-state index in [0.29, 0.717) is 25.9 Å². The molecule has 7 nitrogen and oxygen atoms in total. The molecule has 1 aromatic rings. The number of H-pyrrole nitrogens is 1. The minimum absolute atomic E-state index is 0.0692. The zero-order valence-corrected chi connectivity index (χ0v) is 14.2. The number of imidazole rings is 1. The lowest BCUT2D eigenvalue weighted by Gasteiger charge is -2.35. The van der Waals surface area contributed by atoms with Gasteiger partial charge in [-0.15, -0.1) is 0 Å². The van der Waals surface area contributed by atoms with Crippen LogP contribution < -0.4 is 5.32 Å². The molecule has 0 saturated carbocycles. The Morgan fingerprint density at radius 2 is 2.08 bits per heavy atom. The van der Waals surface area contributed by atoms with Crippen molar-refractivity contribution in [3.63, 3.8) is 0 Å². The van der Waals surface area contributed by atoms with Crippen LogP contribution >= 0.6 is 0 Å². The summed E-state index contributed by atoms with van der Waals surface area (Å²) in [6, 6.07) is -0.429. The highest BCUT2D eigenvalue weighted by molar-refractivity contribution is 5.89. The highest BCUT2D eigenvalue weighted by Gasteiger charge is 2.33. The normalized spacial score (nSPS) is 22.4. The minimum atomic E-state index is -0.429. The molecule has 24 heavy (non-hydrogen) atoms. The lowest BCUT2D eigenvalue weighted by atomic mass is 10.1. The molecule has 2 N–H and O–H groups in total. The first-order chi connectivity index (χ1) is 11.7. The van der Waals surface area contributed by atoms with Gasteiger partial charge in [-0.2, -0.15) is 0 Å². The van der Waals surface area contributed by atoms with Crippen molar-refractivity contribution in [3.8, 4) is 0 Å². The van der Waals surface area contributed by atoms with Gasteiger partial charge in [0.2, 0.25) is 11.8 Å². The maximum atomic E-state index is 12.6. The van der Waals surface area contributed by atoms with Gasteiger partial charge in [-0.1, -0.05) is 6.42 Å². The number of hydrogen-bond donors (Lipinski definition) is 2. The summed E-state index contributed by atoms with van der Waals surface area (Å²) in [5.41, 5.74) is 0.878. The third-order valence-corrected chi connectivity index (χ3v) is 4.93. The van der Waals surface area contributed by atoms with Gasteiger partial charge in [0.25, 0.3) is 0 Å². The van der Waals surface area contributed by atoms with Crippen molar-refractivity contribution in [1.29, 1.82) is 0 Å². The molecule has 1 aromatic heterocycles. The van der Waals surface area contributed by atoms with Gasteiger partial charge < -0.3 is 20.1 Å². The summed E-state index contributed by atoms with van der Waals surface area (Å²) in [5.74, 6) is 0.0200. The van der Waals surface area contributed by atoms with E-state index >= 15 is 0 Å². The van der Waals surface area contributed by atoms with Crippen LogP contribution in [0.3, 0.4) is 0 Å². The van der Waals surface area contributed by atoms with Crippen LogP contribution in [0.1, 0.15) is 37.8 Å². The molecule has 3 rings (SSSR count). The van der Waals surface area contributed by atoms with E-state index in [0.717, 1.165) is 31.7 Å². The standard InChI is InChI=1S/C17H27N5O2/c23-16(5-4-9-21-7-2-1-3-8-21)22-10-6-19-17(24)15(22)11-14-12-18-13-20-14/h12-13,15H,1-11H2,(H,18,20)(H,19,24). The van der Waals surface area contributed by atoms with E-state index < -0.39 is 6.04 Å². The fourth-order valence-electron chi connectivity index (χ4n) is 3.60. The van der Waals surface area contributed by atoms with Crippen molar-refractivity contribution in [1.82, 2.24) is 25.1 Å². The van der Waals surface area contributed by atoms with Crippen LogP contribution in [0.2, 0.25) is 0 Å². The van der Waals surface area contributed by atoms with Crippen molar-refractivity contribution < 1.29 is 9.59 Å². The Kier molecular flexibility index (Phi) is 5.85. The summed E-state index contributed by atoms with van der Waals surface area (Å²) < 4.78 is 0. The largest absolute Gasteiger partial charge is 0.353 e. The topological polar surface area (TPSA) is 81.3 Å². The Balaban J connectivity index is 1.51. The van der Waals surface area contributed by atoms with E-state index in [9.17, 15) is 9.59 Å².